The number of hydrogen-bond donors (Lipinski definition) is 0. The van der Waals surface area contributed by atoms with E-state index in [0.29, 0.717) is 21.8 Å². The molecule has 21 heavy (non-hydrogen) atoms. The third kappa shape index (κ3) is 2.89. The van der Waals surface area contributed by atoms with Crippen LogP contribution in [0.15, 0.2) is 67.4 Å². The van der Waals surface area contributed by atoms with Crippen molar-refractivity contribution >= 4 is 34.3 Å². The second kappa shape index (κ2) is 5.79. The van der Waals surface area contributed by atoms with Crippen molar-refractivity contribution in [2.75, 3.05) is 0 Å². The summed E-state index contributed by atoms with van der Waals surface area (Å²) in [5.74, 6) is -0.301. The van der Waals surface area contributed by atoms with Crippen LogP contribution in [-0.4, -0.2) is 4.57 Å². The van der Waals surface area contributed by atoms with Gasteiger partial charge in [0, 0.05) is 9.92 Å². The lowest BCUT2D eigenvalue weighted by atomic mass is 10.2. The summed E-state index contributed by atoms with van der Waals surface area (Å²) in [5.41, 5.74) is -0.0384. The van der Waals surface area contributed by atoms with Crippen LogP contribution in [0.2, 0.25) is 5.02 Å². The zero-order valence-corrected chi connectivity index (χ0v) is 12.4. The first-order valence-electron chi connectivity index (χ1n) is 6.16. The minimum Gasteiger partial charge on any atom is -0.372 e. The van der Waals surface area contributed by atoms with Crippen molar-refractivity contribution in [2.45, 2.75) is 10.8 Å². The van der Waals surface area contributed by atoms with E-state index in [4.69, 9.17) is 16.0 Å². The van der Waals surface area contributed by atoms with Crippen LogP contribution >= 0.6 is 23.4 Å². The smallest absolute Gasteiger partial charge is 0.372 e. The average molecular weight is 320 g/mol. The Morgan fingerprint density at radius 3 is 2.52 bits per heavy atom. The number of thioether (sulfide) groups is 1. The average Bonchev–Trinajstić information content (AvgIpc) is 2.49. The summed E-state index contributed by atoms with van der Waals surface area (Å²) in [6, 6.07) is 14.2. The van der Waals surface area contributed by atoms with Crippen LogP contribution in [0, 0.1) is 0 Å². The standard InChI is InChI=1S/C15H10ClNO3S/c16-10-5-7-11(8-6-10)21-9-17-13-4-2-1-3-12(13)14(18)20-15(17)19/h1-8H,9H2. The van der Waals surface area contributed by atoms with E-state index in [0.717, 1.165) is 4.90 Å². The predicted octanol–water partition coefficient (Wildman–Crippen LogP) is 3.36. The van der Waals surface area contributed by atoms with Gasteiger partial charge in [0.15, 0.2) is 0 Å². The summed E-state index contributed by atoms with van der Waals surface area (Å²) in [6.07, 6.45) is 0. The van der Waals surface area contributed by atoms with Gasteiger partial charge in [-0.2, -0.15) is 0 Å². The van der Waals surface area contributed by atoms with E-state index in [2.05, 4.69) is 0 Å². The summed E-state index contributed by atoms with van der Waals surface area (Å²) in [4.78, 5) is 24.5. The molecule has 0 radical (unpaired) electrons. The van der Waals surface area contributed by atoms with Gasteiger partial charge in [0.1, 0.15) is 0 Å². The van der Waals surface area contributed by atoms with Gasteiger partial charge in [-0.25, -0.2) is 9.59 Å². The first-order valence-corrected chi connectivity index (χ1v) is 7.52. The molecule has 1 aromatic heterocycles. The van der Waals surface area contributed by atoms with Crippen molar-refractivity contribution in [1.82, 2.24) is 4.57 Å². The molecule has 2 aromatic carbocycles. The molecule has 0 unspecified atom stereocenters. The minimum atomic E-state index is -0.653. The molecule has 0 saturated carbocycles. The molecule has 6 heteroatoms. The highest BCUT2D eigenvalue weighted by atomic mass is 35.5. The number of hydrogen-bond acceptors (Lipinski definition) is 4. The lowest BCUT2D eigenvalue weighted by Crippen LogP contribution is -2.24. The topological polar surface area (TPSA) is 52.2 Å². The number of halogens is 1. The number of nitrogens with zero attached hydrogens (tertiary/aromatic N) is 1. The molecule has 0 fully saturated rings. The Bertz CT molecular complexity index is 899. The molecule has 0 aliphatic heterocycles. The molecule has 0 saturated heterocycles. The molecular weight excluding hydrogens is 310 g/mol. The lowest BCUT2D eigenvalue weighted by molar-refractivity contribution is 0.431. The molecule has 0 N–H and O–H groups in total. The highest BCUT2D eigenvalue weighted by Crippen LogP contribution is 2.22. The maximum atomic E-state index is 11.9. The summed E-state index contributed by atoms with van der Waals surface area (Å²) in [5, 5.41) is 1.06. The molecule has 3 rings (SSSR count). The first kappa shape index (κ1) is 14.0. The largest absolute Gasteiger partial charge is 0.423 e. The lowest BCUT2D eigenvalue weighted by Gasteiger charge is -2.08. The number of fused-ring (bicyclic) bond motifs is 1. The van der Waals surface area contributed by atoms with Crippen molar-refractivity contribution in [3.63, 3.8) is 0 Å². The highest BCUT2D eigenvalue weighted by Gasteiger charge is 2.08. The van der Waals surface area contributed by atoms with Crippen LogP contribution in [0.5, 0.6) is 0 Å². The summed E-state index contributed by atoms with van der Waals surface area (Å²) >= 11 is 7.29. The fourth-order valence-corrected chi connectivity index (χ4v) is 2.94. The molecule has 0 bridgehead atoms. The quantitative estimate of drug-likeness (QED) is 0.695. The van der Waals surface area contributed by atoms with Gasteiger partial charge in [-0.15, -0.1) is 11.8 Å². The fraction of sp³-hybridized carbons (Fsp3) is 0.0667. The zero-order chi connectivity index (χ0) is 14.8. The fourth-order valence-electron chi connectivity index (χ4n) is 1.96. The second-order valence-corrected chi connectivity index (χ2v) is 5.78. The summed E-state index contributed by atoms with van der Waals surface area (Å²) in [7, 11) is 0. The highest BCUT2D eigenvalue weighted by molar-refractivity contribution is 7.98. The monoisotopic (exact) mass is 319 g/mol. The minimum absolute atomic E-state index is 0.352. The van der Waals surface area contributed by atoms with Crippen LogP contribution < -0.4 is 11.4 Å². The van der Waals surface area contributed by atoms with E-state index >= 15 is 0 Å². The van der Waals surface area contributed by atoms with E-state index in [9.17, 15) is 9.59 Å². The summed E-state index contributed by atoms with van der Waals surface area (Å²) < 4.78 is 6.19. The van der Waals surface area contributed by atoms with Gasteiger partial charge in [0.2, 0.25) is 0 Å². The van der Waals surface area contributed by atoms with Crippen molar-refractivity contribution in [3.05, 3.63) is 74.5 Å². The van der Waals surface area contributed by atoms with Crippen molar-refractivity contribution < 1.29 is 4.42 Å². The van der Waals surface area contributed by atoms with Gasteiger partial charge in [0.05, 0.1) is 16.8 Å². The normalized spacial score (nSPS) is 10.9. The van der Waals surface area contributed by atoms with Crippen LogP contribution in [-0.2, 0) is 5.88 Å². The van der Waals surface area contributed by atoms with E-state index in [1.54, 1.807) is 36.4 Å². The van der Waals surface area contributed by atoms with Gasteiger partial charge < -0.3 is 4.42 Å². The van der Waals surface area contributed by atoms with Crippen LogP contribution in [0.4, 0.5) is 0 Å². The molecule has 0 amide bonds. The number of aromatic nitrogens is 1. The molecule has 0 atom stereocenters. The third-order valence-corrected chi connectivity index (χ3v) is 4.23. The molecule has 0 aliphatic rings. The molecule has 1 heterocycles. The zero-order valence-electron chi connectivity index (χ0n) is 10.8. The Labute approximate surface area is 129 Å². The van der Waals surface area contributed by atoms with E-state index in [1.807, 2.05) is 12.1 Å². The van der Waals surface area contributed by atoms with Crippen molar-refractivity contribution in [1.29, 1.82) is 0 Å². The van der Waals surface area contributed by atoms with Crippen molar-refractivity contribution in [3.8, 4) is 0 Å². The Hall–Kier alpha value is -1.98. The van der Waals surface area contributed by atoms with Gasteiger partial charge in [-0.3, -0.25) is 4.57 Å². The maximum Gasteiger partial charge on any atom is 0.423 e. The van der Waals surface area contributed by atoms with Gasteiger partial charge in [0.25, 0.3) is 0 Å². The van der Waals surface area contributed by atoms with Crippen LogP contribution in [0.25, 0.3) is 10.9 Å². The van der Waals surface area contributed by atoms with Gasteiger partial charge >= 0.3 is 11.4 Å². The molecular formula is C15H10ClNO3S. The Morgan fingerprint density at radius 2 is 1.76 bits per heavy atom. The predicted molar refractivity (Wildman–Crippen MR) is 84.1 cm³/mol. The number of para-hydroxylation sites is 1. The van der Waals surface area contributed by atoms with E-state index < -0.39 is 11.4 Å². The van der Waals surface area contributed by atoms with Crippen LogP contribution in [0.3, 0.4) is 0 Å². The van der Waals surface area contributed by atoms with Gasteiger partial charge in [-0.1, -0.05) is 23.7 Å². The molecule has 0 spiro atoms. The van der Waals surface area contributed by atoms with Crippen LogP contribution in [0.1, 0.15) is 0 Å². The molecule has 3 aromatic rings. The molecule has 4 nitrogen and oxygen atoms in total. The maximum absolute atomic E-state index is 11.9. The Balaban J connectivity index is 1.99. The third-order valence-electron chi connectivity index (χ3n) is 2.99. The Morgan fingerprint density at radius 1 is 1.05 bits per heavy atom. The Kier molecular flexibility index (Phi) is 3.86. The number of benzene rings is 2. The van der Waals surface area contributed by atoms with Gasteiger partial charge in [-0.05, 0) is 36.4 Å². The molecule has 0 aliphatic carbocycles. The SMILES string of the molecule is O=c1oc(=O)n(CSc2ccc(Cl)cc2)c2ccccc12. The molecule has 106 valence electrons. The van der Waals surface area contributed by atoms with E-state index in [-0.39, 0.29) is 0 Å². The second-order valence-electron chi connectivity index (χ2n) is 4.33. The summed E-state index contributed by atoms with van der Waals surface area (Å²) in [6.45, 7) is 0. The van der Waals surface area contributed by atoms with E-state index in [1.165, 1.54) is 16.3 Å². The first-order chi connectivity index (χ1) is 10.1. The van der Waals surface area contributed by atoms with Crippen molar-refractivity contribution in [2.24, 2.45) is 0 Å². The number of rotatable bonds is 3.